The molecule has 10 nitrogen and oxygen atoms in total. The SMILES string of the molecule is O=C(NCC1(O)CCCCCC1)c1cc(-n2ncc(=O)n(C[C@H](O)CCO)c2=O)ccc1Cl. The van der Waals surface area contributed by atoms with E-state index in [1.54, 1.807) is 0 Å². The lowest BCUT2D eigenvalue weighted by Gasteiger charge is -2.26. The molecule has 2 aromatic rings. The minimum absolute atomic E-state index is 0.00577. The quantitative estimate of drug-likeness (QED) is 0.404. The van der Waals surface area contributed by atoms with Gasteiger partial charge in [-0.3, -0.25) is 14.2 Å². The number of carbonyl (C=O) groups excluding carboxylic acids is 1. The van der Waals surface area contributed by atoms with Gasteiger partial charge in [0, 0.05) is 13.2 Å². The Balaban J connectivity index is 1.84. The van der Waals surface area contributed by atoms with E-state index in [1.165, 1.54) is 18.2 Å². The lowest BCUT2D eigenvalue weighted by atomic mass is 9.94. The highest BCUT2D eigenvalue weighted by molar-refractivity contribution is 6.33. The molecule has 1 aromatic carbocycles. The molecule has 4 N–H and O–H groups in total. The zero-order valence-corrected chi connectivity index (χ0v) is 19.0. The second-order valence-electron chi connectivity index (χ2n) is 8.44. The van der Waals surface area contributed by atoms with Crippen LogP contribution in [0.3, 0.4) is 0 Å². The molecule has 0 bridgehead atoms. The molecule has 0 radical (unpaired) electrons. The van der Waals surface area contributed by atoms with E-state index in [0.29, 0.717) is 12.8 Å². The molecule has 0 saturated heterocycles. The summed E-state index contributed by atoms with van der Waals surface area (Å²) in [7, 11) is 0. The number of carbonyl (C=O) groups is 1. The number of amides is 1. The summed E-state index contributed by atoms with van der Waals surface area (Å²) >= 11 is 6.22. The van der Waals surface area contributed by atoms with E-state index >= 15 is 0 Å². The number of nitrogens with one attached hydrogen (secondary N) is 1. The molecule has 0 aliphatic heterocycles. The molecule has 0 unspecified atom stereocenters. The van der Waals surface area contributed by atoms with Crippen molar-refractivity contribution in [2.24, 2.45) is 0 Å². The maximum absolute atomic E-state index is 12.8. The summed E-state index contributed by atoms with van der Waals surface area (Å²) in [6, 6.07) is 4.30. The summed E-state index contributed by atoms with van der Waals surface area (Å²) in [6.45, 7) is -0.502. The van der Waals surface area contributed by atoms with Gasteiger partial charge in [-0.1, -0.05) is 37.3 Å². The van der Waals surface area contributed by atoms with Crippen LogP contribution in [-0.4, -0.2) is 60.4 Å². The summed E-state index contributed by atoms with van der Waals surface area (Å²) in [5.41, 5.74) is -2.16. The first-order valence-electron chi connectivity index (χ1n) is 11.0. The maximum atomic E-state index is 12.8. The third kappa shape index (κ3) is 6.29. The van der Waals surface area contributed by atoms with Gasteiger partial charge in [-0.15, -0.1) is 0 Å². The van der Waals surface area contributed by atoms with Gasteiger partial charge in [-0.25, -0.2) is 4.79 Å². The van der Waals surface area contributed by atoms with Crippen molar-refractivity contribution in [3.63, 3.8) is 0 Å². The Labute approximate surface area is 195 Å². The van der Waals surface area contributed by atoms with Gasteiger partial charge in [0.25, 0.3) is 11.5 Å². The van der Waals surface area contributed by atoms with E-state index in [-0.39, 0.29) is 42.4 Å². The summed E-state index contributed by atoms with van der Waals surface area (Å²) in [5.74, 6) is -0.501. The molecule has 11 heteroatoms. The Kier molecular flexibility index (Phi) is 8.41. The van der Waals surface area contributed by atoms with E-state index in [9.17, 15) is 24.6 Å². The molecule has 3 rings (SSSR count). The average Bonchev–Trinajstić information content (AvgIpc) is 3.01. The van der Waals surface area contributed by atoms with Gasteiger partial charge in [0.15, 0.2) is 0 Å². The van der Waals surface area contributed by atoms with Gasteiger partial charge < -0.3 is 20.6 Å². The van der Waals surface area contributed by atoms with Crippen LogP contribution in [0.15, 0.2) is 34.0 Å². The molecule has 1 aliphatic rings. The van der Waals surface area contributed by atoms with Gasteiger partial charge in [0.05, 0.1) is 34.5 Å². The molecular weight excluding hydrogens is 452 g/mol. The van der Waals surface area contributed by atoms with Gasteiger partial charge in [-0.05, 0) is 37.5 Å². The summed E-state index contributed by atoms with van der Waals surface area (Å²) < 4.78 is 1.74. The van der Waals surface area contributed by atoms with E-state index < -0.39 is 28.9 Å². The molecule has 1 fully saturated rings. The normalized spacial score (nSPS) is 16.7. The van der Waals surface area contributed by atoms with E-state index in [0.717, 1.165) is 41.1 Å². The lowest BCUT2D eigenvalue weighted by molar-refractivity contribution is 0.0246. The van der Waals surface area contributed by atoms with Gasteiger partial charge in [0.1, 0.15) is 6.20 Å². The molecule has 1 aromatic heterocycles. The zero-order valence-electron chi connectivity index (χ0n) is 18.2. The lowest BCUT2D eigenvalue weighted by Crippen LogP contribution is -2.43. The van der Waals surface area contributed by atoms with Crippen LogP contribution >= 0.6 is 11.6 Å². The number of nitrogens with zero attached hydrogens (tertiary/aromatic N) is 3. The maximum Gasteiger partial charge on any atom is 0.352 e. The van der Waals surface area contributed by atoms with Crippen molar-refractivity contribution in [1.82, 2.24) is 19.7 Å². The van der Waals surface area contributed by atoms with Crippen molar-refractivity contribution in [3.05, 3.63) is 55.8 Å². The Morgan fingerprint density at radius 2 is 1.91 bits per heavy atom. The van der Waals surface area contributed by atoms with Gasteiger partial charge in [0.2, 0.25) is 0 Å². The van der Waals surface area contributed by atoms with Crippen LogP contribution in [0, 0.1) is 0 Å². The van der Waals surface area contributed by atoms with Crippen LogP contribution in [0.25, 0.3) is 5.69 Å². The van der Waals surface area contributed by atoms with Crippen LogP contribution < -0.4 is 16.6 Å². The van der Waals surface area contributed by atoms with Crippen LogP contribution in [0.2, 0.25) is 5.02 Å². The Morgan fingerprint density at radius 3 is 2.58 bits per heavy atom. The molecule has 33 heavy (non-hydrogen) atoms. The number of benzene rings is 1. The highest BCUT2D eigenvalue weighted by Gasteiger charge is 2.29. The van der Waals surface area contributed by atoms with Crippen LogP contribution in [-0.2, 0) is 6.54 Å². The van der Waals surface area contributed by atoms with Crippen molar-refractivity contribution >= 4 is 17.5 Å². The largest absolute Gasteiger partial charge is 0.396 e. The Bertz CT molecular complexity index is 1090. The van der Waals surface area contributed by atoms with Crippen molar-refractivity contribution < 1.29 is 20.1 Å². The minimum atomic E-state index is -1.09. The number of aliphatic hydroxyl groups excluding tert-OH is 2. The highest BCUT2D eigenvalue weighted by Crippen LogP contribution is 2.27. The zero-order chi connectivity index (χ0) is 24.0. The fourth-order valence-corrected chi connectivity index (χ4v) is 4.16. The number of halogens is 1. The van der Waals surface area contributed by atoms with Crippen molar-refractivity contribution in [3.8, 4) is 5.69 Å². The standard InChI is InChI=1S/C22H29ClN4O6/c23-18-6-5-15(27-21(32)26(19(30)12-25-27)13-16(29)7-10-28)11-17(18)20(31)24-14-22(33)8-3-1-2-4-9-22/h5-6,11-12,16,28-29,33H,1-4,7-10,13-14H2,(H,24,31)/t16-/m1/s1. The number of aromatic nitrogens is 3. The first kappa shape index (κ1) is 25.1. The minimum Gasteiger partial charge on any atom is -0.396 e. The monoisotopic (exact) mass is 480 g/mol. The highest BCUT2D eigenvalue weighted by atomic mass is 35.5. The van der Waals surface area contributed by atoms with E-state index in [2.05, 4.69) is 10.4 Å². The van der Waals surface area contributed by atoms with Gasteiger partial charge >= 0.3 is 5.69 Å². The van der Waals surface area contributed by atoms with E-state index in [4.69, 9.17) is 16.7 Å². The average molecular weight is 481 g/mol. The molecule has 1 aliphatic carbocycles. The third-order valence-electron chi connectivity index (χ3n) is 5.87. The van der Waals surface area contributed by atoms with Crippen molar-refractivity contribution in [2.45, 2.75) is 63.2 Å². The van der Waals surface area contributed by atoms with Gasteiger partial charge in [-0.2, -0.15) is 9.78 Å². The molecule has 180 valence electrons. The second kappa shape index (κ2) is 11.1. The first-order chi connectivity index (χ1) is 15.7. The fraction of sp³-hybridized carbons (Fsp3) is 0.545. The van der Waals surface area contributed by atoms with Crippen molar-refractivity contribution in [2.75, 3.05) is 13.2 Å². The molecule has 1 saturated carbocycles. The Hall–Kier alpha value is -2.53. The first-order valence-corrected chi connectivity index (χ1v) is 11.4. The van der Waals surface area contributed by atoms with Crippen LogP contribution in [0.5, 0.6) is 0 Å². The number of rotatable bonds is 8. The predicted molar refractivity (Wildman–Crippen MR) is 122 cm³/mol. The Morgan fingerprint density at radius 1 is 1.21 bits per heavy atom. The number of hydrogen-bond acceptors (Lipinski definition) is 7. The van der Waals surface area contributed by atoms with Crippen molar-refractivity contribution in [1.29, 1.82) is 0 Å². The predicted octanol–water partition coefficient (Wildman–Crippen LogP) is 0.606. The van der Waals surface area contributed by atoms with Crippen LogP contribution in [0.1, 0.15) is 55.3 Å². The third-order valence-corrected chi connectivity index (χ3v) is 6.20. The molecule has 1 atom stereocenters. The number of aliphatic hydroxyl groups is 3. The molecular formula is C22H29ClN4O6. The fourth-order valence-electron chi connectivity index (χ4n) is 3.95. The number of hydrogen-bond donors (Lipinski definition) is 4. The molecule has 1 amide bonds. The second-order valence-corrected chi connectivity index (χ2v) is 8.85. The molecule has 0 spiro atoms. The summed E-state index contributed by atoms with van der Waals surface area (Å²) in [6.07, 6.45) is 5.01. The summed E-state index contributed by atoms with van der Waals surface area (Å²) in [5, 5.41) is 36.4. The topological polar surface area (TPSA) is 147 Å². The molecule has 1 heterocycles. The van der Waals surface area contributed by atoms with Crippen LogP contribution in [0.4, 0.5) is 0 Å². The summed E-state index contributed by atoms with van der Waals surface area (Å²) in [4.78, 5) is 37.7. The smallest absolute Gasteiger partial charge is 0.352 e. The van der Waals surface area contributed by atoms with E-state index in [1.807, 2.05) is 0 Å².